The van der Waals surface area contributed by atoms with Gasteiger partial charge in [-0.3, -0.25) is 4.79 Å². The quantitative estimate of drug-likeness (QED) is 0.763. The van der Waals surface area contributed by atoms with Crippen LogP contribution in [0, 0.1) is 0 Å². The van der Waals surface area contributed by atoms with Crippen molar-refractivity contribution >= 4 is 5.91 Å². The average molecular weight is 194 g/mol. The Morgan fingerprint density at radius 3 is 3.00 bits per heavy atom. The van der Waals surface area contributed by atoms with Crippen LogP contribution in [0.25, 0.3) is 0 Å². The SMILES string of the molecule is CCCCn1cccc1CNC(C)=O. The van der Waals surface area contributed by atoms with Crippen molar-refractivity contribution in [3.05, 3.63) is 24.0 Å². The van der Waals surface area contributed by atoms with E-state index in [0.29, 0.717) is 6.54 Å². The third-order valence-corrected chi connectivity index (χ3v) is 2.19. The average Bonchev–Trinajstić information content (AvgIpc) is 2.58. The number of nitrogens with one attached hydrogen (secondary N) is 1. The summed E-state index contributed by atoms with van der Waals surface area (Å²) in [7, 11) is 0. The van der Waals surface area contributed by atoms with Gasteiger partial charge in [-0.2, -0.15) is 0 Å². The molecule has 0 aliphatic rings. The lowest BCUT2D eigenvalue weighted by Gasteiger charge is -2.08. The molecule has 0 saturated heterocycles. The Bertz CT molecular complexity index is 291. The molecule has 0 spiro atoms. The molecule has 0 radical (unpaired) electrons. The van der Waals surface area contributed by atoms with E-state index in [2.05, 4.69) is 23.0 Å². The number of carbonyl (C=O) groups is 1. The maximum absolute atomic E-state index is 10.7. The number of hydrogen-bond donors (Lipinski definition) is 1. The summed E-state index contributed by atoms with van der Waals surface area (Å²) in [4.78, 5) is 10.7. The van der Waals surface area contributed by atoms with Crippen LogP contribution in [0.4, 0.5) is 0 Å². The van der Waals surface area contributed by atoms with E-state index < -0.39 is 0 Å². The third kappa shape index (κ3) is 3.24. The Hall–Kier alpha value is -1.25. The standard InChI is InChI=1S/C11H18N2O/c1-3-4-7-13-8-5-6-11(13)9-12-10(2)14/h5-6,8H,3-4,7,9H2,1-2H3,(H,12,14). The number of hydrogen-bond acceptors (Lipinski definition) is 1. The molecule has 1 heterocycles. The van der Waals surface area contributed by atoms with Gasteiger partial charge in [-0.05, 0) is 18.6 Å². The molecule has 0 fully saturated rings. The second-order valence-electron chi connectivity index (χ2n) is 3.46. The third-order valence-electron chi connectivity index (χ3n) is 2.19. The summed E-state index contributed by atoms with van der Waals surface area (Å²) >= 11 is 0. The minimum absolute atomic E-state index is 0.0215. The molecule has 3 nitrogen and oxygen atoms in total. The molecule has 0 aromatic carbocycles. The van der Waals surface area contributed by atoms with Gasteiger partial charge in [0.15, 0.2) is 0 Å². The fourth-order valence-corrected chi connectivity index (χ4v) is 1.37. The fraction of sp³-hybridized carbons (Fsp3) is 0.545. The molecule has 3 heteroatoms. The van der Waals surface area contributed by atoms with E-state index in [1.807, 2.05) is 12.1 Å². The summed E-state index contributed by atoms with van der Waals surface area (Å²) in [6.07, 6.45) is 4.44. The molecule has 1 aromatic heterocycles. The zero-order valence-electron chi connectivity index (χ0n) is 8.92. The van der Waals surface area contributed by atoms with Gasteiger partial charge in [-0.25, -0.2) is 0 Å². The van der Waals surface area contributed by atoms with Gasteiger partial charge in [0, 0.05) is 25.4 Å². The minimum Gasteiger partial charge on any atom is -0.351 e. The van der Waals surface area contributed by atoms with E-state index >= 15 is 0 Å². The van der Waals surface area contributed by atoms with Crippen LogP contribution in [0.5, 0.6) is 0 Å². The van der Waals surface area contributed by atoms with Crippen LogP contribution in [0.3, 0.4) is 0 Å². The van der Waals surface area contributed by atoms with Gasteiger partial charge >= 0.3 is 0 Å². The number of aromatic nitrogens is 1. The highest BCUT2D eigenvalue weighted by Crippen LogP contribution is 2.04. The van der Waals surface area contributed by atoms with Crippen LogP contribution in [-0.2, 0) is 17.9 Å². The van der Waals surface area contributed by atoms with Crippen LogP contribution in [0.15, 0.2) is 18.3 Å². The van der Waals surface area contributed by atoms with Gasteiger partial charge in [0.1, 0.15) is 0 Å². The van der Waals surface area contributed by atoms with Gasteiger partial charge in [-0.15, -0.1) is 0 Å². The predicted molar refractivity (Wildman–Crippen MR) is 56.9 cm³/mol. The zero-order valence-corrected chi connectivity index (χ0v) is 8.92. The van der Waals surface area contributed by atoms with Gasteiger partial charge in [-0.1, -0.05) is 13.3 Å². The van der Waals surface area contributed by atoms with E-state index in [1.165, 1.54) is 18.5 Å². The molecule has 0 atom stereocenters. The maximum Gasteiger partial charge on any atom is 0.217 e. The van der Waals surface area contributed by atoms with E-state index in [0.717, 1.165) is 6.54 Å². The zero-order chi connectivity index (χ0) is 10.4. The lowest BCUT2D eigenvalue weighted by molar-refractivity contribution is -0.119. The summed E-state index contributed by atoms with van der Waals surface area (Å²) in [6, 6.07) is 4.07. The predicted octanol–water partition coefficient (Wildman–Crippen LogP) is 1.92. The molecule has 0 bridgehead atoms. The van der Waals surface area contributed by atoms with Crippen LogP contribution in [-0.4, -0.2) is 10.5 Å². The van der Waals surface area contributed by atoms with Crippen molar-refractivity contribution in [2.75, 3.05) is 0 Å². The first-order valence-corrected chi connectivity index (χ1v) is 5.12. The normalized spacial score (nSPS) is 10.1. The number of carbonyl (C=O) groups excluding carboxylic acids is 1. The molecule has 1 rings (SSSR count). The summed E-state index contributed by atoms with van der Waals surface area (Å²) in [5, 5.41) is 2.80. The van der Waals surface area contributed by atoms with E-state index in [-0.39, 0.29) is 5.91 Å². The van der Waals surface area contributed by atoms with Gasteiger partial charge in [0.25, 0.3) is 0 Å². The second kappa shape index (κ2) is 5.47. The van der Waals surface area contributed by atoms with Crippen molar-refractivity contribution in [1.29, 1.82) is 0 Å². The number of nitrogens with zero attached hydrogens (tertiary/aromatic N) is 1. The molecule has 0 saturated carbocycles. The van der Waals surface area contributed by atoms with Crippen LogP contribution < -0.4 is 5.32 Å². The summed E-state index contributed by atoms with van der Waals surface area (Å²) in [5.41, 5.74) is 1.17. The van der Waals surface area contributed by atoms with Crippen LogP contribution in [0.2, 0.25) is 0 Å². The summed E-state index contributed by atoms with van der Waals surface area (Å²) in [6.45, 7) is 5.39. The largest absolute Gasteiger partial charge is 0.351 e. The number of rotatable bonds is 5. The van der Waals surface area contributed by atoms with Crippen molar-refractivity contribution in [2.24, 2.45) is 0 Å². The topological polar surface area (TPSA) is 34.0 Å². The van der Waals surface area contributed by atoms with Gasteiger partial charge in [0.2, 0.25) is 5.91 Å². The van der Waals surface area contributed by atoms with E-state index in [1.54, 1.807) is 6.92 Å². The molecular weight excluding hydrogens is 176 g/mol. The van der Waals surface area contributed by atoms with E-state index in [4.69, 9.17) is 0 Å². The van der Waals surface area contributed by atoms with Gasteiger partial charge in [0.05, 0.1) is 6.54 Å². The number of amides is 1. The lowest BCUT2D eigenvalue weighted by Crippen LogP contribution is -2.20. The minimum atomic E-state index is 0.0215. The van der Waals surface area contributed by atoms with Crippen LogP contribution in [0.1, 0.15) is 32.4 Å². The number of unbranched alkanes of at least 4 members (excludes halogenated alkanes) is 1. The summed E-state index contributed by atoms with van der Waals surface area (Å²) < 4.78 is 2.19. The summed E-state index contributed by atoms with van der Waals surface area (Å²) in [5.74, 6) is 0.0215. The Morgan fingerprint density at radius 2 is 2.36 bits per heavy atom. The molecule has 14 heavy (non-hydrogen) atoms. The lowest BCUT2D eigenvalue weighted by atomic mass is 10.3. The van der Waals surface area contributed by atoms with Crippen molar-refractivity contribution in [3.63, 3.8) is 0 Å². The molecule has 0 aliphatic heterocycles. The Morgan fingerprint density at radius 1 is 1.57 bits per heavy atom. The molecule has 0 unspecified atom stereocenters. The number of aryl methyl sites for hydroxylation is 1. The smallest absolute Gasteiger partial charge is 0.217 e. The second-order valence-corrected chi connectivity index (χ2v) is 3.46. The maximum atomic E-state index is 10.7. The molecule has 1 aromatic rings. The molecule has 0 aliphatic carbocycles. The fourth-order valence-electron chi connectivity index (χ4n) is 1.37. The first kappa shape index (κ1) is 10.8. The van der Waals surface area contributed by atoms with Crippen molar-refractivity contribution in [3.8, 4) is 0 Å². The molecule has 78 valence electrons. The Balaban J connectivity index is 2.49. The van der Waals surface area contributed by atoms with Crippen molar-refractivity contribution in [2.45, 2.75) is 39.8 Å². The highest BCUT2D eigenvalue weighted by molar-refractivity contribution is 5.72. The molecular formula is C11H18N2O. The van der Waals surface area contributed by atoms with Gasteiger partial charge < -0.3 is 9.88 Å². The first-order valence-electron chi connectivity index (χ1n) is 5.12. The molecule has 1 N–H and O–H groups in total. The highest BCUT2D eigenvalue weighted by atomic mass is 16.1. The van der Waals surface area contributed by atoms with E-state index in [9.17, 15) is 4.79 Å². The van der Waals surface area contributed by atoms with Crippen LogP contribution >= 0.6 is 0 Å². The highest BCUT2D eigenvalue weighted by Gasteiger charge is 2.00. The Kier molecular flexibility index (Phi) is 4.23. The monoisotopic (exact) mass is 194 g/mol. The van der Waals surface area contributed by atoms with Crippen molar-refractivity contribution < 1.29 is 4.79 Å². The Labute approximate surface area is 85.1 Å². The first-order chi connectivity index (χ1) is 6.74. The molecule has 1 amide bonds. The van der Waals surface area contributed by atoms with Crippen molar-refractivity contribution in [1.82, 2.24) is 9.88 Å².